The average Bonchev–Trinajstić information content (AvgIpc) is 2.82. The van der Waals surface area contributed by atoms with E-state index in [1.54, 1.807) is 6.20 Å². The van der Waals surface area contributed by atoms with E-state index >= 15 is 0 Å². The smallest absolute Gasteiger partial charge is 0.253 e. The summed E-state index contributed by atoms with van der Waals surface area (Å²) in [6, 6.07) is 7.49. The Morgan fingerprint density at radius 2 is 2.04 bits per heavy atom. The van der Waals surface area contributed by atoms with E-state index in [0.29, 0.717) is 12.1 Å². The molecule has 2 N–H and O–H groups in total. The van der Waals surface area contributed by atoms with Gasteiger partial charge >= 0.3 is 0 Å². The number of aromatic nitrogens is 2. The molecule has 0 radical (unpaired) electrons. The molecule has 2 heterocycles. The molecule has 25 heavy (non-hydrogen) atoms. The predicted molar refractivity (Wildman–Crippen MR) is 99.7 cm³/mol. The van der Waals surface area contributed by atoms with E-state index in [-0.39, 0.29) is 24.0 Å². The molecule has 0 saturated carbocycles. The van der Waals surface area contributed by atoms with Crippen LogP contribution in [0.15, 0.2) is 30.5 Å². The molecule has 0 bridgehead atoms. The first-order chi connectivity index (χ1) is 11.7. The Morgan fingerprint density at radius 1 is 1.32 bits per heavy atom. The summed E-state index contributed by atoms with van der Waals surface area (Å²) in [6.45, 7) is 10.8. The lowest BCUT2D eigenvalue weighted by Gasteiger charge is -2.25. The van der Waals surface area contributed by atoms with Crippen LogP contribution in [0, 0.1) is 19.3 Å². The zero-order valence-electron chi connectivity index (χ0n) is 15.8. The molecule has 2 rings (SSSR count). The van der Waals surface area contributed by atoms with Crippen molar-refractivity contribution >= 4 is 5.91 Å². The Kier molecular flexibility index (Phi) is 6.01. The summed E-state index contributed by atoms with van der Waals surface area (Å²) in [7, 11) is 0. The number of rotatable bonds is 6. The Hall–Kier alpha value is -2.14. The van der Waals surface area contributed by atoms with Crippen molar-refractivity contribution in [3.8, 4) is 0 Å². The first kappa shape index (κ1) is 19.2. The van der Waals surface area contributed by atoms with Crippen molar-refractivity contribution < 1.29 is 9.90 Å². The summed E-state index contributed by atoms with van der Waals surface area (Å²) >= 11 is 0. The number of nitrogens with one attached hydrogen (secondary N) is 1. The van der Waals surface area contributed by atoms with Crippen molar-refractivity contribution in [1.82, 2.24) is 14.9 Å². The molecular formula is C20H29N3O2. The molecule has 1 atom stereocenters. The van der Waals surface area contributed by atoms with Gasteiger partial charge in [0.1, 0.15) is 0 Å². The maximum absolute atomic E-state index is 12.7. The number of aliphatic hydroxyl groups excluding tert-OH is 1. The fraction of sp³-hybridized carbons (Fsp3) is 0.500. The summed E-state index contributed by atoms with van der Waals surface area (Å²) < 4.78 is 2.09. The topological polar surface area (TPSA) is 67.2 Å². The van der Waals surface area contributed by atoms with Gasteiger partial charge in [-0.05, 0) is 43.9 Å². The van der Waals surface area contributed by atoms with Crippen LogP contribution in [-0.4, -0.2) is 33.2 Å². The zero-order valence-corrected chi connectivity index (χ0v) is 15.8. The van der Waals surface area contributed by atoms with Crippen molar-refractivity contribution in [1.29, 1.82) is 0 Å². The Balaban J connectivity index is 2.17. The highest BCUT2D eigenvalue weighted by atomic mass is 16.3. The number of carbonyl (C=O) groups excluding carboxylic acids is 1. The summed E-state index contributed by atoms with van der Waals surface area (Å²) in [5, 5.41) is 12.5. The molecule has 2 aromatic heterocycles. The molecule has 0 saturated heterocycles. The highest BCUT2D eigenvalue weighted by Gasteiger charge is 2.22. The van der Waals surface area contributed by atoms with E-state index in [1.165, 1.54) is 0 Å². The number of aryl methyl sites for hydroxylation is 1. The lowest BCUT2D eigenvalue weighted by Crippen LogP contribution is -2.40. The number of amides is 1. The monoisotopic (exact) mass is 343 g/mol. The lowest BCUT2D eigenvalue weighted by molar-refractivity contribution is 0.0897. The van der Waals surface area contributed by atoms with Gasteiger partial charge in [-0.15, -0.1) is 0 Å². The quantitative estimate of drug-likeness (QED) is 0.847. The van der Waals surface area contributed by atoms with Crippen molar-refractivity contribution in [2.45, 2.75) is 53.6 Å². The molecule has 136 valence electrons. The summed E-state index contributed by atoms with van der Waals surface area (Å²) in [5.41, 5.74) is 3.58. The highest BCUT2D eigenvalue weighted by molar-refractivity contribution is 5.95. The SMILES string of the molecule is Cc1cc(C(=O)NC(CO)CC(C)(C)C)c(C)n1Cc1ccccn1. The maximum atomic E-state index is 12.7. The molecule has 0 fully saturated rings. The third-order valence-electron chi connectivity index (χ3n) is 4.28. The van der Waals surface area contributed by atoms with Crippen LogP contribution in [0.3, 0.4) is 0 Å². The van der Waals surface area contributed by atoms with Gasteiger partial charge in [0.2, 0.25) is 0 Å². The van der Waals surface area contributed by atoms with Crippen LogP contribution in [0.1, 0.15) is 54.6 Å². The second kappa shape index (κ2) is 7.83. The first-order valence-corrected chi connectivity index (χ1v) is 8.69. The van der Waals surface area contributed by atoms with E-state index in [0.717, 1.165) is 23.5 Å². The van der Waals surface area contributed by atoms with E-state index in [9.17, 15) is 9.90 Å². The Labute approximate surface area is 150 Å². The maximum Gasteiger partial charge on any atom is 0.253 e. The fourth-order valence-corrected chi connectivity index (χ4v) is 3.09. The van der Waals surface area contributed by atoms with Gasteiger partial charge in [-0.1, -0.05) is 26.8 Å². The van der Waals surface area contributed by atoms with Gasteiger partial charge in [0, 0.05) is 17.6 Å². The van der Waals surface area contributed by atoms with E-state index in [2.05, 4.69) is 35.6 Å². The second-order valence-electron chi connectivity index (χ2n) is 7.81. The van der Waals surface area contributed by atoms with Crippen LogP contribution in [-0.2, 0) is 6.54 Å². The molecule has 0 aliphatic carbocycles. The zero-order chi connectivity index (χ0) is 18.6. The summed E-state index contributed by atoms with van der Waals surface area (Å²) in [5.74, 6) is -0.135. The van der Waals surface area contributed by atoms with Gasteiger partial charge in [-0.25, -0.2) is 0 Å². The van der Waals surface area contributed by atoms with Crippen molar-refractivity contribution in [2.75, 3.05) is 6.61 Å². The molecule has 0 aliphatic rings. The largest absolute Gasteiger partial charge is 0.394 e. The van der Waals surface area contributed by atoms with Gasteiger partial charge in [0.15, 0.2) is 0 Å². The molecular weight excluding hydrogens is 314 g/mol. The Morgan fingerprint density at radius 3 is 2.60 bits per heavy atom. The minimum Gasteiger partial charge on any atom is -0.394 e. The van der Waals surface area contributed by atoms with Crippen molar-refractivity contribution in [2.24, 2.45) is 5.41 Å². The van der Waals surface area contributed by atoms with Gasteiger partial charge in [-0.3, -0.25) is 9.78 Å². The molecule has 0 aromatic carbocycles. The standard InChI is InChI=1S/C20H29N3O2/c1-14-10-18(19(25)22-17(13-24)11-20(3,4)5)15(2)23(14)12-16-8-6-7-9-21-16/h6-10,17,24H,11-13H2,1-5H3,(H,22,25). The molecule has 2 aromatic rings. The average molecular weight is 343 g/mol. The molecule has 5 nitrogen and oxygen atoms in total. The van der Waals surface area contributed by atoms with Gasteiger partial charge in [-0.2, -0.15) is 0 Å². The minimum absolute atomic E-state index is 0.0382. The fourth-order valence-electron chi connectivity index (χ4n) is 3.09. The summed E-state index contributed by atoms with van der Waals surface area (Å²) in [4.78, 5) is 17.0. The van der Waals surface area contributed by atoms with Gasteiger partial charge < -0.3 is 15.0 Å². The first-order valence-electron chi connectivity index (χ1n) is 8.69. The number of carbonyl (C=O) groups is 1. The van der Waals surface area contributed by atoms with Crippen LogP contribution < -0.4 is 5.32 Å². The number of pyridine rings is 1. The normalized spacial score (nSPS) is 12.9. The van der Waals surface area contributed by atoms with Gasteiger partial charge in [0.25, 0.3) is 5.91 Å². The number of nitrogens with zero attached hydrogens (tertiary/aromatic N) is 2. The number of hydrogen-bond donors (Lipinski definition) is 2. The van der Waals surface area contributed by atoms with E-state index in [4.69, 9.17) is 0 Å². The van der Waals surface area contributed by atoms with Crippen LogP contribution >= 0.6 is 0 Å². The molecule has 1 amide bonds. The van der Waals surface area contributed by atoms with Crippen LogP contribution in [0.2, 0.25) is 0 Å². The molecule has 0 aliphatic heterocycles. The predicted octanol–water partition coefficient (Wildman–Crippen LogP) is 3.08. The Bertz CT molecular complexity index is 715. The number of hydrogen-bond acceptors (Lipinski definition) is 3. The third kappa shape index (κ3) is 5.16. The van der Waals surface area contributed by atoms with Crippen LogP contribution in [0.4, 0.5) is 0 Å². The van der Waals surface area contributed by atoms with Crippen molar-refractivity contribution in [3.63, 3.8) is 0 Å². The third-order valence-corrected chi connectivity index (χ3v) is 4.28. The van der Waals surface area contributed by atoms with Crippen LogP contribution in [0.25, 0.3) is 0 Å². The van der Waals surface area contributed by atoms with Crippen LogP contribution in [0.5, 0.6) is 0 Å². The minimum atomic E-state index is -0.244. The summed E-state index contributed by atoms with van der Waals surface area (Å²) in [6.07, 6.45) is 2.50. The number of aliphatic hydroxyl groups is 1. The molecule has 1 unspecified atom stereocenters. The van der Waals surface area contributed by atoms with E-state index < -0.39 is 0 Å². The second-order valence-corrected chi connectivity index (χ2v) is 7.81. The molecule has 0 spiro atoms. The highest BCUT2D eigenvalue weighted by Crippen LogP contribution is 2.22. The molecule has 5 heteroatoms. The van der Waals surface area contributed by atoms with E-state index in [1.807, 2.05) is 38.1 Å². The lowest BCUT2D eigenvalue weighted by atomic mass is 9.88. The van der Waals surface area contributed by atoms with Crippen molar-refractivity contribution in [3.05, 3.63) is 53.1 Å². The van der Waals surface area contributed by atoms with Gasteiger partial charge in [0.05, 0.1) is 30.5 Å².